The van der Waals surface area contributed by atoms with Crippen LogP contribution in [0, 0.1) is 0 Å². The number of nitrogens with zero attached hydrogens (tertiary/aromatic N) is 3. The quantitative estimate of drug-likeness (QED) is 0.490. The Kier molecular flexibility index (Phi) is 5.82. The SMILES string of the molecule is OCCc1ccc(Nc2nccc(Nc3cc(C4CCCCC4)[nH]n3)n2)cc1. The first-order valence-corrected chi connectivity index (χ1v) is 9.92. The number of aliphatic hydroxyl groups is 1. The lowest BCUT2D eigenvalue weighted by Crippen LogP contribution is -2.04. The zero-order valence-electron chi connectivity index (χ0n) is 15.9. The highest BCUT2D eigenvalue weighted by atomic mass is 16.2. The van der Waals surface area contributed by atoms with Crippen molar-refractivity contribution in [3.05, 3.63) is 53.9 Å². The number of H-pyrrole nitrogens is 1. The molecule has 2 heterocycles. The van der Waals surface area contributed by atoms with Crippen molar-refractivity contribution in [1.82, 2.24) is 20.2 Å². The molecule has 0 atom stereocenters. The Bertz CT molecular complexity index is 886. The van der Waals surface area contributed by atoms with Crippen LogP contribution in [0.4, 0.5) is 23.3 Å². The highest BCUT2D eigenvalue weighted by molar-refractivity contribution is 5.57. The van der Waals surface area contributed by atoms with Gasteiger partial charge in [0, 0.05) is 36.2 Å². The summed E-state index contributed by atoms with van der Waals surface area (Å²) in [6.45, 7) is 0.152. The molecule has 1 fully saturated rings. The van der Waals surface area contributed by atoms with Crippen LogP contribution in [0.1, 0.15) is 49.3 Å². The van der Waals surface area contributed by atoms with Crippen LogP contribution < -0.4 is 10.6 Å². The summed E-state index contributed by atoms with van der Waals surface area (Å²) in [6.07, 6.45) is 8.79. The molecule has 146 valence electrons. The average Bonchev–Trinajstić information content (AvgIpc) is 3.19. The number of anilines is 4. The lowest BCUT2D eigenvalue weighted by atomic mass is 9.87. The second kappa shape index (κ2) is 8.84. The molecule has 1 aromatic carbocycles. The van der Waals surface area contributed by atoms with Gasteiger partial charge in [0.2, 0.25) is 5.95 Å². The Labute approximate surface area is 164 Å². The predicted molar refractivity (Wildman–Crippen MR) is 110 cm³/mol. The van der Waals surface area contributed by atoms with Crippen molar-refractivity contribution in [3.63, 3.8) is 0 Å². The fourth-order valence-corrected chi connectivity index (χ4v) is 3.66. The summed E-state index contributed by atoms with van der Waals surface area (Å²) < 4.78 is 0. The van der Waals surface area contributed by atoms with Gasteiger partial charge < -0.3 is 15.7 Å². The number of hydrogen-bond acceptors (Lipinski definition) is 6. The highest BCUT2D eigenvalue weighted by Crippen LogP contribution is 2.32. The van der Waals surface area contributed by atoms with Gasteiger partial charge in [0.05, 0.1) is 0 Å². The summed E-state index contributed by atoms with van der Waals surface area (Å²) in [6, 6.07) is 11.8. The first kappa shape index (κ1) is 18.4. The molecule has 0 radical (unpaired) electrons. The summed E-state index contributed by atoms with van der Waals surface area (Å²) in [7, 11) is 0. The zero-order chi connectivity index (χ0) is 19.2. The number of hydrogen-bond donors (Lipinski definition) is 4. The minimum Gasteiger partial charge on any atom is -0.396 e. The van der Waals surface area contributed by atoms with Crippen LogP contribution in [0.3, 0.4) is 0 Å². The average molecular weight is 378 g/mol. The lowest BCUT2D eigenvalue weighted by molar-refractivity contribution is 0.299. The zero-order valence-corrected chi connectivity index (χ0v) is 15.9. The second-order valence-corrected chi connectivity index (χ2v) is 7.23. The van der Waals surface area contributed by atoms with Gasteiger partial charge in [-0.2, -0.15) is 10.1 Å². The first-order chi connectivity index (χ1) is 13.8. The van der Waals surface area contributed by atoms with Gasteiger partial charge in [-0.1, -0.05) is 31.4 Å². The maximum atomic E-state index is 9.00. The van der Waals surface area contributed by atoms with Crippen LogP contribution in [0.15, 0.2) is 42.6 Å². The third-order valence-corrected chi connectivity index (χ3v) is 5.16. The summed E-state index contributed by atoms with van der Waals surface area (Å²) in [5.74, 6) is 2.57. The minimum atomic E-state index is 0.152. The standard InChI is InChI=1S/C21H26N6O/c28-13-11-15-6-8-17(9-7-15)23-21-22-12-10-19(25-21)24-20-14-18(26-27-20)16-4-2-1-3-5-16/h6-10,12,14,16,28H,1-5,11,13H2,(H3,22,23,24,25,26,27). The monoisotopic (exact) mass is 378 g/mol. The van der Waals surface area contributed by atoms with Crippen molar-refractivity contribution in [2.75, 3.05) is 17.2 Å². The molecule has 0 unspecified atom stereocenters. The molecule has 4 rings (SSSR count). The van der Waals surface area contributed by atoms with E-state index in [4.69, 9.17) is 5.11 Å². The fraction of sp³-hybridized carbons (Fsp3) is 0.381. The van der Waals surface area contributed by atoms with Crippen LogP contribution >= 0.6 is 0 Å². The van der Waals surface area contributed by atoms with Crippen LogP contribution in [-0.4, -0.2) is 31.9 Å². The van der Waals surface area contributed by atoms with Crippen molar-refractivity contribution in [2.24, 2.45) is 0 Å². The van der Waals surface area contributed by atoms with Crippen molar-refractivity contribution < 1.29 is 5.11 Å². The van der Waals surface area contributed by atoms with Crippen LogP contribution in [0.5, 0.6) is 0 Å². The molecule has 0 amide bonds. The highest BCUT2D eigenvalue weighted by Gasteiger charge is 2.17. The van der Waals surface area contributed by atoms with Crippen LogP contribution in [0.2, 0.25) is 0 Å². The Hall–Kier alpha value is -2.93. The molecule has 1 saturated carbocycles. The molecule has 3 aromatic rings. The molecule has 0 aliphatic heterocycles. The molecule has 0 spiro atoms. The fourth-order valence-electron chi connectivity index (χ4n) is 3.66. The summed E-state index contributed by atoms with van der Waals surface area (Å²) in [5, 5.41) is 23.0. The maximum Gasteiger partial charge on any atom is 0.229 e. The molecule has 2 aromatic heterocycles. The maximum absolute atomic E-state index is 9.00. The van der Waals surface area contributed by atoms with E-state index in [0.717, 1.165) is 17.1 Å². The van der Waals surface area contributed by atoms with Crippen molar-refractivity contribution in [2.45, 2.75) is 44.4 Å². The summed E-state index contributed by atoms with van der Waals surface area (Å²) in [5.41, 5.74) is 3.20. The largest absolute Gasteiger partial charge is 0.396 e. The lowest BCUT2D eigenvalue weighted by Gasteiger charge is -2.19. The number of rotatable bonds is 7. The molecule has 0 bridgehead atoms. The van der Waals surface area contributed by atoms with E-state index in [9.17, 15) is 0 Å². The van der Waals surface area contributed by atoms with Gasteiger partial charge in [0.1, 0.15) is 5.82 Å². The minimum absolute atomic E-state index is 0.152. The van der Waals surface area contributed by atoms with Gasteiger partial charge in [-0.05, 0) is 43.0 Å². The van der Waals surface area contributed by atoms with Crippen LogP contribution in [0.25, 0.3) is 0 Å². The van der Waals surface area contributed by atoms with Gasteiger partial charge in [-0.3, -0.25) is 5.10 Å². The Morgan fingerprint density at radius 3 is 2.61 bits per heavy atom. The molecular weight excluding hydrogens is 352 g/mol. The molecule has 7 heteroatoms. The number of aromatic amines is 1. The van der Waals surface area contributed by atoms with E-state index in [1.165, 1.54) is 37.8 Å². The first-order valence-electron chi connectivity index (χ1n) is 9.92. The normalized spacial score (nSPS) is 14.8. The molecule has 0 saturated heterocycles. The van der Waals surface area contributed by atoms with Gasteiger partial charge in [0.15, 0.2) is 5.82 Å². The molecular formula is C21H26N6O. The molecule has 28 heavy (non-hydrogen) atoms. The Morgan fingerprint density at radius 1 is 1.00 bits per heavy atom. The van der Waals surface area contributed by atoms with E-state index in [2.05, 4.69) is 36.9 Å². The Morgan fingerprint density at radius 2 is 1.82 bits per heavy atom. The van der Waals surface area contributed by atoms with Crippen molar-refractivity contribution in [1.29, 1.82) is 0 Å². The van der Waals surface area contributed by atoms with E-state index < -0.39 is 0 Å². The Balaban J connectivity index is 1.40. The number of benzene rings is 1. The van der Waals surface area contributed by atoms with Gasteiger partial charge in [0.25, 0.3) is 0 Å². The van der Waals surface area contributed by atoms with E-state index in [-0.39, 0.29) is 6.61 Å². The summed E-state index contributed by atoms with van der Waals surface area (Å²) in [4.78, 5) is 8.80. The topological polar surface area (TPSA) is 98.8 Å². The second-order valence-electron chi connectivity index (χ2n) is 7.23. The van der Waals surface area contributed by atoms with Crippen molar-refractivity contribution in [3.8, 4) is 0 Å². The molecule has 4 N–H and O–H groups in total. The number of aromatic nitrogens is 4. The number of nitrogens with one attached hydrogen (secondary N) is 3. The predicted octanol–water partition coefficient (Wildman–Crippen LogP) is 4.27. The third-order valence-electron chi connectivity index (χ3n) is 5.16. The molecule has 1 aliphatic rings. The molecule has 1 aliphatic carbocycles. The summed E-state index contributed by atoms with van der Waals surface area (Å²) >= 11 is 0. The number of aliphatic hydroxyl groups excluding tert-OH is 1. The van der Waals surface area contributed by atoms with Gasteiger partial charge in [-0.25, -0.2) is 4.98 Å². The van der Waals surface area contributed by atoms with Crippen molar-refractivity contribution >= 4 is 23.3 Å². The molecule has 7 nitrogen and oxygen atoms in total. The smallest absolute Gasteiger partial charge is 0.229 e. The van der Waals surface area contributed by atoms with E-state index in [0.29, 0.717) is 24.1 Å². The van der Waals surface area contributed by atoms with Crippen LogP contribution in [-0.2, 0) is 6.42 Å². The van der Waals surface area contributed by atoms with E-state index in [1.807, 2.05) is 30.3 Å². The van der Waals surface area contributed by atoms with E-state index >= 15 is 0 Å². The van der Waals surface area contributed by atoms with Gasteiger partial charge in [-0.15, -0.1) is 0 Å². The van der Waals surface area contributed by atoms with Gasteiger partial charge >= 0.3 is 0 Å². The third kappa shape index (κ3) is 4.67. The van der Waals surface area contributed by atoms with E-state index in [1.54, 1.807) is 6.20 Å².